The predicted octanol–water partition coefficient (Wildman–Crippen LogP) is 5.18. The highest BCUT2D eigenvalue weighted by atomic mass is 35.5. The molecule has 1 aromatic carbocycles. The molecule has 102 valence electrons. The first-order valence-electron chi connectivity index (χ1n) is 6.95. The van der Waals surface area contributed by atoms with Crippen LogP contribution in [0.25, 0.3) is 11.0 Å². The van der Waals surface area contributed by atoms with Gasteiger partial charge in [0.1, 0.15) is 5.82 Å². The topological polar surface area (TPSA) is 17.8 Å². The Kier molecular flexibility index (Phi) is 3.72. The fourth-order valence-corrected chi connectivity index (χ4v) is 3.40. The molecule has 1 unspecified atom stereocenters. The van der Waals surface area contributed by atoms with Crippen LogP contribution in [0.3, 0.4) is 0 Å². The Balaban J connectivity index is 2.05. The molecule has 0 amide bonds. The summed E-state index contributed by atoms with van der Waals surface area (Å²) < 4.78 is 2.29. The number of fused-ring (bicyclic) bond motifs is 1. The van der Waals surface area contributed by atoms with Gasteiger partial charge >= 0.3 is 0 Å². The van der Waals surface area contributed by atoms with Gasteiger partial charge in [-0.1, -0.05) is 24.4 Å². The predicted molar refractivity (Wildman–Crippen MR) is 81.0 cm³/mol. The van der Waals surface area contributed by atoms with E-state index in [0.29, 0.717) is 0 Å². The highest BCUT2D eigenvalue weighted by Crippen LogP contribution is 2.31. The third-order valence-corrected chi connectivity index (χ3v) is 4.44. The molecule has 1 aliphatic carbocycles. The van der Waals surface area contributed by atoms with Gasteiger partial charge in [-0.2, -0.15) is 0 Å². The molecule has 1 aromatic heterocycles. The van der Waals surface area contributed by atoms with Crippen LogP contribution in [0.2, 0.25) is 5.02 Å². The highest BCUT2D eigenvalue weighted by molar-refractivity contribution is 6.31. The molecule has 0 spiro atoms. The average Bonchev–Trinajstić information content (AvgIpc) is 2.97. The first-order chi connectivity index (χ1) is 9.15. The second kappa shape index (κ2) is 5.34. The Bertz CT molecular complexity index is 583. The van der Waals surface area contributed by atoms with Crippen LogP contribution in [-0.2, 0) is 6.54 Å². The fourth-order valence-electron chi connectivity index (χ4n) is 3.07. The number of aromatic nitrogens is 2. The molecular formula is C15H18Cl2N2. The quantitative estimate of drug-likeness (QED) is 0.714. The van der Waals surface area contributed by atoms with Gasteiger partial charge in [0.25, 0.3) is 0 Å². The van der Waals surface area contributed by atoms with E-state index >= 15 is 0 Å². The molecule has 3 rings (SSSR count). The average molecular weight is 297 g/mol. The first-order valence-corrected chi connectivity index (χ1v) is 7.76. The summed E-state index contributed by atoms with van der Waals surface area (Å²) in [6.07, 6.45) is 5.36. The Hall–Kier alpha value is -0.730. The number of hydrogen-bond donors (Lipinski definition) is 0. The van der Waals surface area contributed by atoms with E-state index in [4.69, 9.17) is 23.2 Å². The summed E-state index contributed by atoms with van der Waals surface area (Å²) >= 11 is 12.3. The van der Waals surface area contributed by atoms with Crippen molar-refractivity contribution in [1.29, 1.82) is 0 Å². The monoisotopic (exact) mass is 296 g/mol. The molecule has 0 radical (unpaired) electrons. The number of alkyl halides is 1. The van der Waals surface area contributed by atoms with Gasteiger partial charge in [-0.3, -0.25) is 0 Å². The smallest absolute Gasteiger partial charge is 0.127 e. The molecule has 4 heteroatoms. The fraction of sp³-hybridized carbons (Fsp3) is 0.533. The largest absolute Gasteiger partial charge is 0.326 e. The van der Waals surface area contributed by atoms with Crippen molar-refractivity contribution in [3.63, 3.8) is 0 Å². The molecule has 1 saturated carbocycles. The van der Waals surface area contributed by atoms with Gasteiger partial charge in [-0.25, -0.2) is 4.98 Å². The lowest BCUT2D eigenvalue weighted by atomic mass is 10.1. The van der Waals surface area contributed by atoms with Gasteiger partial charge in [0.05, 0.1) is 16.4 Å². The Labute approximate surface area is 123 Å². The second-order valence-corrected chi connectivity index (χ2v) is 6.57. The molecule has 0 bridgehead atoms. The molecule has 2 nitrogen and oxygen atoms in total. The van der Waals surface area contributed by atoms with E-state index in [2.05, 4.69) is 15.6 Å². The van der Waals surface area contributed by atoms with Gasteiger partial charge < -0.3 is 4.57 Å². The summed E-state index contributed by atoms with van der Waals surface area (Å²) in [5, 5.41) is 0.652. The standard InChI is InChI=1S/C15H18Cl2N2/c1-10(16)15-18-13-8-12(17)6-7-14(13)19(15)9-11-4-2-3-5-11/h6-8,10-11H,2-5,9H2,1H3. The molecular weight excluding hydrogens is 279 g/mol. The maximum absolute atomic E-state index is 6.29. The SMILES string of the molecule is CC(Cl)c1nc2cc(Cl)ccc2n1CC1CCCC1. The number of benzene rings is 1. The molecule has 0 aliphatic heterocycles. The van der Waals surface area contributed by atoms with Crippen LogP contribution in [0.5, 0.6) is 0 Å². The maximum atomic E-state index is 6.29. The van der Waals surface area contributed by atoms with E-state index in [1.807, 2.05) is 19.1 Å². The molecule has 1 fully saturated rings. The van der Waals surface area contributed by atoms with Crippen molar-refractivity contribution in [1.82, 2.24) is 9.55 Å². The van der Waals surface area contributed by atoms with E-state index in [-0.39, 0.29) is 5.38 Å². The Morgan fingerprint density at radius 1 is 1.37 bits per heavy atom. The molecule has 19 heavy (non-hydrogen) atoms. The van der Waals surface area contributed by atoms with Gasteiger partial charge in [0.2, 0.25) is 0 Å². The van der Waals surface area contributed by atoms with E-state index in [1.165, 1.54) is 25.7 Å². The number of nitrogens with zero attached hydrogens (tertiary/aromatic N) is 2. The second-order valence-electron chi connectivity index (χ2n) is 5.48. The summed E-state index contributed by atoms with van der Waals surface area (Å²) in [5.41, 5.74) is 2.10. The zero-order valence-electron chi connectivity index (χ0n) is 11.1. The number of rotatable bonds is 3. The van der Waals surface area contributed by atoms with Crippen molar-refractivity contribution in [2.24, 2.45) is 5.92 Å². The van der Waals surface area contributed by atoms with Crippen LogP contribution < -0.4 is 0 Å². The van der Waals surface area contributed by atoms with Crippen LogP contribution in [-0.4, -0.2) is 9.55 Å². The number of halogens is 2. The van der Waals surface area contributed by atoms with Crippen molar-refractivity contribution in [2.45, 2.75) is 44.5 Å². The summed E-state index contributed by atoms with van der Waals surface area (Å²) in [6.45, 7) is 3.01. The Morgan fingerprint density at radius 3 is 2.79 bits per heavy atom. The summed E-state index contributed by atoms with van der Waals surface area (Å²) in [5.74, 6) is 1.73. The normalized spacial score (nSPS) is 18.3. The van der Waals surface area contributed by atoms with Crippen molar-refractivity contribution in [3.8, 4) is 0 Å². The molecule has 0 N–H and O–H groups in total. The number of imidazole rings is 1. The molecule has 2 aromatic rings. The third kappa shape index (κ3) is 2.61. The van der Waals surface area contributed by atoms with E-state index in [9.17, 15) is 0 Å². The zero-order chi connectivity index (χ0) is 13.4. The minimum Gasteiger partial charge on any atom is -0.326 e. The van der Waals surface area contributed by atoms with Crippen LogP contribution >= 0.6 is 23.2 Å². The first kappa shape index (κ1) is 13.3. The van der Waals surface area contributed by atoms with Gasteiger partial charge in [-0.05, 0) is 43.9 Å². The van der Waals surface area contributed by atoms with E-state index in [0.717, 1.165) is 34.3 Å². The highest BCUT2D eigenvalue weighted by Gasteiger charge is 2.21. The molecule has 1 aliphatic rings. The lowest BCUT2D eigenvalue weighted by Gasteiger charge is -2.15. The molecule has 0 saturated heterocycles. The lowest BCUT2D eigenvalue weighted by molar-refractivity contribution is 0.454. The van der Waals surface area contributed by atoms with Crippen molar-refractivity contribution in [3.05, 3.63) is 29.0 Å². The van der Waals surface area contributed by atoms with E-state index < -0.39 is 0 Å². The minimum absolute atomic E-state index is 0.0763. The maximum Gasteiger partial charge on any atom is 0.127 e. The summed E-state index contributed by atoms with van der Waals surface area (Å²) in [4.78, 5) is 4.66. The van der Waals surface area contributed by atoms with Crippen LogP contribution in [0.4, 0.5) is 0 Å². The third-order valence-electron chi connectivity index (χ3n) is 4.01. The van der Waals surface area contributed by atoms with Crippen molar-refractivity contribution >= 4 is 34.2 Å². The summed E-state index contributed by atoms with van der Waals surface area (Å²) in [6, 6.07) is 5.91. The zero-order valence-corrected chi connectivity index (χ0v) is 12.6. The van der Waals surface area contributed by atoms with Gasteiger partial charge in [0, 0.05) is 11.6 Å². The van der Waals surface area contributed by atoms with Gasteiger partial charge in [-0.15, -0.1) is 11.6 Å². The van der Waals surface area contributed by atoms with E-state index in [1.54, 1.807) is 0 Å². The molecule has 1 heterocycles. The van der Waals surface area contributed by atoms with Crippen LogP contribution in [0.1, 0.15) is 43.8 Å². The molecule has 1 atom stereocenters. The van der Waals surface area contributed by atoms with Gasteiger partial charge in [0.15, 0.2) is 0 Å². The van der Waals surface area contributed by atoms with Crippen LogP contribution in [0, 0.1) is 5.92 Å². The van der Waals surface area contributed by atoms with Crippen molar-refractivity contribution in [2.75, 3.05) is 0 Å². The van der Waals surface area contributed by atoms with Crippen molar-refractivity contribution < 1.29 is 0 Å². The summed E-state index contributed by atoms with van der Waals surface area (Å²) in [7, 11) is 0. The van der Waals surface area contributed by atoms with Crippen LogP contribution in [0.15, 0.2) is 18.2 Å². The Morgan fingerprint density at radius 2 is 2.11 bits per heavy atom. The number of hydrogen-bond acceptors (Lipinski definition) is 1. The lowest BCUT2D eigenvalue weighted by Crippen LogP contribution is -2.11. The minimum atomic E-state index is -0.0763.